The highest BCUT2D eigenvalue weighted by molar-refractivity contribution is 6.05. The molecule has 6 nitrogen and oxygen atoms in total. The van der Waals surface area contributed by atoms with E-state index < -0.39 is 0 Å². The number of nitrogens with one attached hydrogen (secondary N) is 1. The fourth-order valence-corrected chi connectivity index (χ4v) is 3.59. The number of aryl methyl sites for hydroxylation is 1. The molecule has 30 heavy (non-hydrogen) atoms. The average molecular weight is 402 g/mol. The number of nitrogens with zero attached hydrogens (tertiary/aromatic N) is 3. The number of benzene rings is 2. The van der Waals surface area contributed by atoms with E-state index in [9.17, 15) is 4.79 Å². The monoisotopic (exact) mass is 402 g/mol. The molecular formula is C24H26N4O2. The summed E-state index contributed by atoms with van der Waals surface area (Å²) < 4.78 is 5.55. The lowest BCUT2D eigenvalue weighted by atomic mass is 10.1. The minimum Gasteiger partial charge on any atom is -0.493 e. The molecule has 1 amide bonds. The van der Waals surface area contributed by atoms with Crippen LogP contribution >= 0.6 is 0 Å². The van der Waals surface area contributed by atoms with Crippen molar-refractivity contribution >= 4 is 17.7 Å². The molecule has 6 heteroatoms. The van der Waals surface area contributed by atoms with Gasteiger partial charge in [-0.1, -0.05) is 29.8 Å². The van der Waals surface area contributed by atoms with Crippen LogP contribution in [-0.2, 0) is 6.42 Å². The van der Waals surface area contributed by atoms with Crippen molar-refractivity contribution < 1.29 is 9.53 Å². The average Bonchev–Trinajstić information content (AvgIpc) is 3.23. The van der Waals surface area contributed by atoms with Crippen LogP contribution in [0.5, 0.6) is 5.75 Å². The molecule has 0 spiro atoms. The normalized spacial score (nSPS) is 13.3. The molecule has 0 bridgehead atoms. The molecule has 0 unspecified atom stereocenters. The third-order valence-electron chi connectivity index (χ3n) is 5.34. The van der Waals surface area contributed by atoms with Crippen LogP contribution in [0.15, 0.2) is 54.7 Å². The smallest absolute Gasteiger partial charge is 0.259 e. The Morgan fingerprint density at radius 3 is 2.77 bits per heavy atom. The summed E-state index contributed by atoms with van der Waals surface area (Å²) in [5, 5.41) is 3.33. The van der Waals surface area contributed by atoms with Crippen LogP contribution in [0.1, 0.15) is 46.9 Å². The first-order valence-corrected chi connectivity index (χ1v) is 10.3. The number of amides is 1. The molecule has 4 rings (SSSR count). The highest BCUT2D eigenvalue weighted by Crippen LogP contribution is 2.27. The van der Waals surface area contributed by atoms with Gasteiger partial charge in [0.25, 0.3) is 5.91 Å². The molecule has 0 fully saturated rings. The molecule has 0 radical (unpaired) electrons. The summed E-state index contributed by atoms with van der Waals surface area (Å²) in [5.41, 5.74) is 4.09. The molecule has 1 aromatic heterocycles. The second-order valence-electron chi connectivity index (χ2n) is 7.49. The second kappa shape index (κ2) is 8.53. The van der Waals surface area contributed by atoms with Crippen molar-refractivity contribution in [3.8, 4) is 5.75 Å². The van der Waals surface area contributed by atoms with Crippen molar-refractivity contribution in [3.63, 3.8) is 0 Å². The predicted molar refractivity (Wildman–Crippen MR) is 118 cm³/mol. The molecule has 3 aromatic rings. The van der Waals surface area contributed by atoms with Gasteiger partial charge in [0.15, 0.2) is 0 Å². The topological polar surface area (TPSA) is 67.4 Å². The van der Waals surface area contributed by atoms with Gasteiger partial charge >= 0.3 is 0 Å². The molecule has 154 valence electrons. The minimum atomic E-state index is -0.0802. The summed E-state index contributed by atoms with van der Waals surface area (Å²) in [5.74, 6) is 1.86. The molecule has 2 heterocycles. The zero-order valence-corrected chi connectivity index (χ0v) is 17.6. The van der Waals surface area contributed by atoms with Gasteiger partial charge in [-0.3, -0.25) is 9.69 Å². The Morgan fingerprint density at radius 1 is 1.20 bits per heavy atom. The first-order chi connectivity index (χ1) is 14.5. The van der Waals surface area contributed by atoms with E-state index >= 15 is 0 Å². The number of hydrogen-bond acceptors (Lipinski definition) is 5. The number of hydrogen-bond donors (Lipinski definition) is 1. The van der Waals surface area contributed by atoms with E-state index in [1.54, 1.807) is 17.2 Å². The SMILES string of the molecule is CCN(C(=O)c1ccc2c(c1)CCO2)c1ccnc(N[C@@H](C)c2ccc(C)cc2)n1. The van der Waals surface area contributed by atoms with Gasteiger partial charge in [-0.05, 0) is 56.2 Å². The number of rotatable bonds is 6. The summed E-state index contributed by atoms with van der Waals surface area (Å²) in [6, 6.07) is 15.8. The molecule has 0 saturated heterocycles. The summed E-state index contributed by atoms with van der Waals surface area (Å²) in [7, 11) is 0. The van der Waals surface area contributed by atoms with E-state index in [1.807, 2.05) is 25.1 Å². The van der Waals surface area contributed by atoms with Crippen molar-refractivity contribution in [1.29, 1.82) is 0 Å². The van der Waals surface area contributed by atoms with Gasteiger partial charge in [0.2, 0.25) is 5.95 Å². The maximum atomic E-state index is 13.2. The Kier molecular flexibility index (Phi) is 5.65. The Morgan fingerprint density at radius 2 is 2.00 bits per heavy atom. The Bertz CT molecular complexity index is 1050. The van der Waals surface area contributed by atoms with E-state index in [1.165, 1.54) is 5.56 Å². The lowest BCUT2D eigenvalue weighted by Gasteiger charge is -2.21. The van der Waals surface area contributed by atoms with E-state index in [2.05, 4.69) is 53.4 Å². The van der Waals surface area contributed by atoms with Gasteiger partial charge in [0, 0.05) is 24.7 Å². The molecular weight excluding hydrogens is 376 g/mol. The minimum absolute atomic E-state index is 0.0448. The lowest BCUT2D eigenvalue weighted by Crippen LogP contribution is -2.31. The van der Waals surface area contributed by atoms with Crippen molar-refractivity contribution in [1.82, 2.24) is 9.97 Å². The molecule has 1 atom stereocenters. The second-order valence-corrected chi connectivity index (χ2v) is 7.49. The number of fused-ring (bicyclic) bond motifs is 1. The number of aromatic nitrogens is 2. The van der Waals surface area contributed by atoms with Crippen molar-refractivity contribution in [2.24, 2.45) is 0 Å². The van der Waals surface area contributed by atoms with Gasteiger partial charge in [-0.15, -0.1) is 0 Å². The third-order valence-corrected chi connectivity index (χ3v) is 5.34. The van der Waals surface area contributed by atoms with Crippen LogP contribution in [0.4, 0.5) is 11.8 Å². The van der Waals surface area contributed by atoms with Crippen LogP contribution in [0.25, 0.3) is 0 Å². The van der Waals surface area contributed by atoms with Gasteiger partial charge in [-0.25, -0.2) is 4.98 Å². The summed E-state index contributed by atoms with van der Waals surface area (Å²) >= 11 is 0. The van der Waals surface area contributed by atoms with Crippen LogP contribution in [-0.4, -0.2) is 29.0 Å². The van der Waals surface area contributed by atoms with Crippen molar-refractivity contribution in [3.05, 3.63) is 77.0 Å². The first-order valence-electron chi connectivity index (χ1n) is 10.3. The molecule has 1 N–H and O–H groups in total. The summed E-state index contributed by atoms with van der Waals surface area (Å²) in [6.07, 6.45) is 2.51. The zero-order chi connectivity index (χ0) is 21.1. The number of carbonyl (C=O) groups excluding carboxylic acids is 1. The number of ether oxygens (including phenoxy) is 1. The zero-order valence-electron chi connectivity index (χ0n) is 17.6. The maximum Gasteiger partial charge on any atom is 0.259 e. The van der Waals surface area contributed by atoms with E-state index in [4.69, 9.17) is 4.74 Å². The molecule has 2 aromatic carbocycles. The highest BCUT2D eigenvalue weighted by Gasteiger charge is 2.21. The Labute approximate surface area is 176 Å². The van der Waals surface area contributed by atoms with Crippen LogP contribution in [0.2, 0.25) is 0 Å². The van der Waals surface area contributed by atoms with Crippen molar-refractivity contribution in [2.75, 3.05) is 23.4 Å². The highest BCUT2D eigenvalue weighted by atomic mass is 16.5. The van der Waals surface area contributed by atoms with Crippen LogP contribution < -0.4 is 15.0 Å². The number of anilines is 2. The fourth-order valence-electron chi connectivity index (χ4n) is 3.59. The van der Waals surface area contributed by atoms with Gasteiger partial charge in [0.1, 0.15) is 11.6 Å². The maximum absolute atomic E-state index is 13.2. The first kappa shape index (κ1) is 19.9. The molecule has 0 saturated carbocycles. The van der Waals surface area contributed by atoms with E-state index in [-0.39, 0.29) is 11.9 Å². The van der Waals surface area contributed by atoms with Gasteiger partial charge in [-0.2, -0.15) is 4.98 Å². The van der Waals surface area contributed by atoms with Crippen LogP contribution in [0, 0.1) is 6.92 Å². The van der Waals surface area contributed by atoms with Gasteiger partial charge in [0.05, 0.1) is 12.6 Å². The lowest BCUT2D eigenvalue weighted by molar-refractivity contribution is 0.0987. The van der Waals surface area contributed by atoms with Gasteiger partial charge < -0.3 is 10.1 Å². The number of carbonyl (C=O) groups is 1. The molecule has 0 aliphatic carbocycles. The fraction of sp³-hybridized carbons (Fsp3) is 0.292. The Hall–Kier alpha value is -3.41. The van der Waals surface area contributed by atoms with Crippen molar-refractivity contribution in [2.45, 2.75) is 33.2 Å². The van der Waals surface area contributed by atoms with E-state index in [0.717, 1.165) is 23.3 Å². The van der Waals surface area contributed by atoms with Crippen LogP contribution in [0.3, 0.4) is 0 Å². The Balaban J connectivity index is 1.53. The standard InChI is InChI=1S/C24H26N4O2/c1-4-28(23(29)20-9-10-21-19(15-20)12-14-30-21)22-11-13-25-24(27-22)26-17(3)18-7-5-16(2)6-8-18/h5-11,13,15,17H,4,12,14H2,1-3H3,(H,25,26,27)/t17-/m0/s1. The molecule has 1 aliphatic heterocycles. The predicted octanol–water partition coefficient (Wildman–Crippen LogP) is 4.56. The summed E-state index contributed by atoms with van der Waals surface area (Å²) in [4.78, 5) is 23.8. The quantitative estimate of drug-likeness (QED) is 0.655. The third kappa shape index (κ3) is 4.13. The largest absolute Gasteiger partial charge is 0.493 e. The summed E-state index contributed by atoms with van der Waals surface area (Å²) in [6.45, 7) is 7.26. The molecule has 1 aliphatic rings. The van der Waals surface area contributed by atoms with E-state index in [0.29, 0.717) is 30.5 Å².